The molecule has 0 saturated heterocycles. The maximum atomic E-state index is 12.4. The minimum atomic E-state index is -0.431. The molecule has 1 heterocycles. The van der Waals surface area contributed by atoms with Crippen LogP contribution >= 0.6 is 0 Å². The van der Waals surface area contributed by atoms with Gasteiger partial charge in [0.05, 0.1) is 13.2 Å². The zero-order valence-electron chi connectivity index (χ0n) is 12.5. The van der Waals surface area contributed by atoms with Crippen molar-refractivity contribution in [3.05, 3.63) is 36.0 Å². The van der Waals surface area contributed by atoms with Crippen molar-refractivity contribution in [2.45, 2.75) is 19.4 Å². The van der Waals surface area contributed by atoms with Gasteiger partial charge < -0.3 is 14.7 Å². The van der Waals surface area contributed by atoms with E-state index in [0.717, 1.165) is 10.8 Å². The summed E-state index contributed by atoms with van der Waals surface area (Å²) in [4.78, 5) is 18.2. The predicted molar refractivity (Wildman–Crippen MR) is 81.6 cm³/mol. The highest BCUT2D eigenvalue weighted by Crippen LogP contribution is 2.24. The standard InChI is InChI=1S/C16H20N2O3/c1-11(19)8-9-18(2)16(20)14-10-12-6-4-5-7-13(12)15(17-14)21-3/h4-7,10-11,19H,8-9H2,1-3H3. The van der Waals surface area contributed by atoms with Crippen LogP contribution in [0.2, 0.25) is 0 Å². The number of carbonyl (C=O) groups excluding carboxylic acids is 1. The van der Waals surface area contributed by atoms with Gasteiger partial charge in [-0.05, 0) is 30.9 Å². The van der Waals surface area contributed by atoms with E-state index in [-0.39, 0.29) is 5.91 Å². The Bertz CT molecular complexity index is 640. The molecule has 0 spiro atoms. The highest BCUT2D eigenvalue weighted by atomic mass is 16.5. The summed E-state index contributed by atoms with van der Waals surface area (Å²) in [6.45, 7) is 2.18. The molecule has 0 bridgehead atoms. The second kappa shape index (κ2) is 6.54. The van der Waals surface area contributed by atoms with E-state index in [0.29, 0.717) is 24.5 Å². The van der Waals surface area contributed by atoms with Crippen LogP contribution in [0.4, 0.5) is 0 Å². The number of nitrogens with zero attached hydrogens (tertiary/aromatic N) is 2. The first-order chi connectivity index (χ1) is 10.0. The molecule has 0 aliphatic carbocycles. The molecule has 0 fully saturated rings. The molecule has 0 radical (unpaired) electrons. The lowest BCUT2D eigenvalue weighted by Gasteiger charge is -2.18. The first-order valence-electron chi connectivity index (χ1n) is 6.90. The average Bonchev–Trinajstić information content (AvgIpc) is 2.50. The molecule has 1 N–H and O–H groups in total. The summed E-state index contributed by atoms with van der Waals surface area (Å²) in [6, 6.07) is 9.41. The molecular formula is C16H20N2O3. The lowest BCUT2D eigenvalue weighted by molar-refractivity contribution is 0.0762. The fourth-order valence-corrected chi connectivity index (χ4v) is 2.11. The maximum Gasteiger partial charge on any atom is 0.272 e. The predicted octanol–water partition coefficient (Wildman–Crippen LogP) is 2.09. The largest absolute Gasteiger partial charge is 0.481 e. The molecule has 1 atom stereocenters. The van der Waals surface area contributed by atoms with Crippen LogP contribution in [0.25, 0.3) is 10.8 Å². The first kappa shape index (κ1) is 15.3. The Kier molecular flexibility index (Phi) is 4.75. The monoisotopic (exact) mass is 288 g/mol. The van der Waals surface area contributed by atoms with Crippen LogP contribution < -0.4 is 4.74 Å². The molecule has 1 aromatic heterocycles. The number of benzene rings is 1. The zero-order valence-corrected chi connectivity index (χ0v) is 12.5. The van der Waals surface area contributed by atoms with E-state index in [4.69, 9.17) is 4.74 Å². The van der Waals surface area contributed by atoms with Crippen LogP contribution in [0.5, 0.6) is 5.88 Å². The zero-order chi connectivity index (χ0) is 15.4. The van der Waals surface area contributed by atoms with Crippen molar-refractivity contribution in [3.63, 3.8) is 0 Å². The van der Waals surface area contributed by atoms with Gasteiger partial charge in [0.25, 0.3) is 5.91 Å². The van der Waals surface area contributed by atoms with Crippen molar-refractivity contribution in [1.29, 1.82) is 0 Å². The number of methoxy groups -OCH3 is 1. The van der Waals surface area contributed by atoms with E-state index in [1.165, 1.54) is 0 Å². The van der Waals surface area contributed by atoms with Gasteiger partial charge in [0.2, 0.25) is 5.88 Å². The molecule has 2 rings (SSSR count). The molecule has 1 unspecified atom stereocenters. The minimum absolute atomic E-state index is 0.181. The third-order valence-corrected chi connectivity index (χ3v) is 3.35. The van der Waals surface area contributed by atoms with E-state index in [1.807, 2.05) is 24.3 Å². The third kappa shape index (κ3) is 3.49. The molecule has 0 saturated carbocycles. The van der Waals surface area contributed by atoms with Crippen molar-refractivity contribution in [2.75, 3.05) is 20.7 Å². The van der Waals surface area contributed by atoms with Gasteiger partial charge in [0.1, 0.15) is 5.69 Å². The van der Waals surface area contributed by atoms with Gasteiger partial charge in [0.15, 0.2) is 0 Å². The van der Waals surface area contributed by atoms with E-state index in [9.17, 15) is 9.90 Å². The number of rotatable bonds is 5. The Balaban J connectivity index is 2.31. The van der Waals surface area contributed by atoms with Crippen LogP contribution in [0.1, 0.15) is 23.8 Å². The van der Waals surface area contributed by atoms with E-state index < -0.39 is 6.10 Å². The number of pyridine rings is 1. The molecular weight excluding hydrogens is 268 g/mol. The number of amides is 1. The molecule has 5 heteroatoms. The molecule has 2 aromatic rings. The second-order valence-corrected chi connectivity index (χ2v) is 5.10. The van der Waals surface area contributed by atoms with Gasteiger partial charge in [-0.1, -0.05) is 18.2 Å². The Hall–Kier alpha value is -2.14. The number of aliphatic hydroxyl groups is 1. The topological polar surface area (TPSA) is 62.7 Å². The number of hydrogen-bond acceptors (Lipinski definition) is 4. The Morgan fingerprint density at radius 1 is 1.43 bits per heavy atom. The first-order valence-corrected chi connectivity index (χ1v) is 6.90. The third-order valence-electron chi connectivity index (χ3n) is 3.35. The molecule has 0 aliphatic heterocycles. The van der Waals surface area contributed by atoms with Crippen molar-refractivity contribution in [1.82, 2.24) is 9.88 Å². The van der Waals surface area contributed by atoms with Crippen LogP contribution in [-0.4, -0.2) is 47.7 Å². The van der Waals surface area contributed by atoms with Crippen LogP contribution in [0.15, 0.2) is 30.3 Å². The summed E-state index contributed by atoms with van der Waals surface area (Å²) in [6.07, 6.45) is 0.104. The van der Waals surface area contributed by atoms with Gasteiger partial charge in [-0.2, -0.15) is 0 Å². The maximum absolute atomic E-state index is 12.4. The molecule has 5 nitrogen and oxygen atoms in total. The summed E-state index contributed by atoms with van der Waals surface area (Å²) in [5.41, 5.74) is 0.346. The van der Waals surface area contributed by atoms with Gasteiger partial charge >= 0.3 is 0 Å². The summed E-state index contributed by atoms with van der Waals surface area (Å²) < 4.78 is 5.27. The van der Waals surface area contributed by atoms with Crippen LogP contribution in [0, 0.1) is 0 Å². The van der Waals surface area contributed by atoms with E-state index in [2.05, 4.69) is 4.98 Å². The number of aliphatic hydroxyl groups excluding tert-OH is 1. The fraction of sp³-hybridized carbons (Fsp3) is 0.375. The highest BCUT2D eigenvalue weighted by Gasteiger charge is 2.16. The van der Waals surface area contributed by atoms with E-state index in [1.54, 1.807) is 32.0 Å². The lowest BCUT2D eigenvalue weighted by atomic mass is 10.1. The van der Waals surface area contributed by atoms with Crippen LogP contribution in [-0.2, 0) is 0 Å². The second-order valence-electron chi connectivity index (χ2n) is 5.10. The summed E-state index contributed by atoms with van der Waals surface area (Å²) in [5, 5.41) is 11.1. The molecule has 1 aromatic carbocycles. The average molecular weight is 288 g/mol. The number of ether oxygens (including phenoxy) is 1. The van der Waals surface area contributed by atoms with Crippen molar-refractivity contribution >= 4 is 16.7 Å². The summed E-state index contributed by atoms with van der Waals surface area (Å²) >= 11 is 0. The molecule has 1 amide bonds. The van der Waals surface area contributed by atoms with Crippen molar-refractivity contribution < 1.29 is 14.6 Å². The minimum Gasteiger partial charge on any atom is -0.481 e. The number of aromatic nitrogens is 1. The van der Waals surface area contributed by atoms with Crippen LogP contribution in [0.3, 0.4) is 0 Å². The SMILES string of the molecule is COc1nc(C(=O)N(C)CCC(C)O)cc2ccccc12. The van der Waals surface area contributed by atoms with E-state index >= 15 is 0 Å². The summed E-state index contributed by atoms with van der Waals surface area (Å²) in [5.74, 6) is 0.264. The quantitative estimate of drug-likeness (QED) is 0.915. The Labute approximate surface area is 124 Å². The molecule has 112 valence electrons. The number of carbonyl (C=O) groups is 1. The number of hydrogen-bond donors (Lipinski definition) is 1. The van der Waals surface area contributed by atoms with Gasteiger partial charge in [-0.3, -0.25) is 4.79 Å². The Morgan fingerprint density at radius 2 is 2.14 bits per heavy atom. The normalized spacial score (nSPS) is 12.2. The van der Waals surface area contributed by atoms with Gasteiger partial charge in [-0.15, -0.1) is 0 Å². The molecule has 0 aliphatic rings. The molecule has 21 heavy (non-hydrogen) atoms. The van der Waals surface area contributed by atoms with Crippen molar-refractivity contribution in [3.8, 4) is 5.88 Å². The smallest absolute Gasteiger partial charge is 0.272 e. The van der Waals surface area contributed by atoms with Gasteiger partial charge in [-0.25, -0.2) is 4.98 Å². The fourth-order valence-electron chi connectivity index (χ4n) is 2.11. The number of fused-ring (bicyclic) bond motifs is 1. The highest BCUT2D eigenvalue weighted by molar-refractivity contribution is 5.98. The lowest BCUT2D eigenvalue weighted by Crippen LogP contribution is -2.30. The Morgan fingerprint density at radius 3 is 2.81 bits per heavy atom. The summed E-state index contributed by atoms with van der Waals surface area (Å²) in [7, 11) is 3.24. The van der Waals surface area contributed by atoms with Crippen molar-refractivity contribution in [2.24, 2.45) is 0 Å². The van der Waals surface area contributed by atoms with Gasteiger partial charge in [0, 0.05) is 19.0 Å².